The molecule has 2 unspecified atom stereocenters. The maximum atomic E-state index is 13.1. The van der Waals surface area contributed by atoms with Gasteiger partial charge in [-0.25, -0.2) is 9.59 Å². The lowest BCUT2D eigenvalue weighted by Crippen LogP contribution is -2.54. The Labute approximate surface area is 239 Å². The molecule has 4 rings (SSSR count). The van der Waals surface area contributed by atoms with E-state index in [1.807, 2.05) is 92.7 Å². The van der Waals surface area contributed by atoms with E-state index in [2.05, 4.69) is 16.0 Å². The van der Waals surface area contributed by atoms with Crippen LogP contribution < -0.4 is 16.0 Å². The van der Waals surface area contributed by atoms with Crippen LogP contribution in [0.2, 0.25) is 0 Å². The second-order valence-electron chi connectivity index (χ2n) is 10.5. The van der Waals surface area contributed by atoms with Crippen LogP contribution in [0.1, 0.15) is 42.9 Å². The van der Waals surface area contributed by atoms with E-state index in [1.54, 1.807) is 0 Å². The zero-order valence-corrected chi connectivity index (χ0v) is 23.1. The number of fused-ring (bicyclic) bond motifs is 3. The molecule has 0 heterocycles. The second-order valence-corrected chi connectivity index (χ2v) is 10.5. The number of aliphatic carboxylic acids is 1. The number of carbonyl (C=O) groups excluding carboxylic acids is 3. The van der Waals surface area contributed by atoms with Gasteiger partial charge >= 0.3 is 12.1 Å². The van der Waals surface area contributed by atoms with Gasteiger partial charge in [-0.1, -0.05) is 92.7 Å². The van der Waals surface area contributed by atoms with Gasteiger partial charge in [0, 0.05) is 12.3 Å². The van der Waals surface area contributed by atoms with Crippen molar-refractivity contribution in [3.63, 3.8) is 0 Å². The molecule has 0 fully saturated rings. The van der Waals surface area contributed by atoms with Crippen molar-refractivity contribution in [3.05, 3.63) is 95.6 Å². The van der Waals surface area contributed by atoms with Crippen molar-refractivity contribution in [1.29, 1.82) is 0 Å². The number of hydrogen-bond acceptors (Lipinski definition) is 5. The summed E-state index contributed by atoms with van der Waals surface area (Å²) in [6.07, 6.45) is -0.359. The van der Waals surface area contributed by atoms with Gasteiger partial charge in [0.2, 0.25) is 11.8 Å². The molecule has 1 aliphatic carbocycles. The van der Waals surface area contributed by atoms with Gasteiger partial charge in [0.05, 0.1) is 0 Å². The van der Waals surface area contributed by atoms with Gasteiger partial charge in [0.15, 0.2) is 0 Å². The molecule has 4 N–H and O–H groups in total. The first kappa shape index (κ1) is 29.3. The number of carboxylic acids is 1. The van der Waals surface area contributed by atoms with Crippen molar-refractivity contribution < 1.29 is 29.0 Å². The van der Waals surface area contributed by atoms with Crippen molar-refractivity contribution >= 4 is 23.9 Å². The Bertz CT molecular complexity index is 1350. The van der Waals surface area contributed by atoms with Crippen molar-refractivity contribution in [2.75, 3.05) is 13.2 Å². The van der Waals surface area contributed by atoms with Gasteiger partial charge < -0.3 is 25.8 Å². The Kier molecular flexibility index (Phi) is 9.73. The molecule has 1 aliphatic rings. The minimum atomic E-state index is -1.14. The third-order valence-electron chi connectivity index (χ3n) is 6.99. The molecule has 0 saturated heterocycles. The first-order valence-electron chi connectivity index (χ1n) is 13.7. The summed E-state index contributed by atoms with van der Waals surface area (Å²) in [5.74, 6) is -2.44. The van der Waals surface area contributed by atoms with Crippen LogP contribution in [0.25, 0.3) is 11.1 Å². The third-order valence-corrected chi connectivity index (χ3v) is 6.99. The van der Waals surface area contributed by atoms with Crippen LogP contribution in [0.3, 0.4) is 0 Å². The largest absolute Gasteiger partial charge is 0.480 e. The van der Waals surface area contributed by atoms with Crippen molar-refractivity contribution in [3.8, 4) is 11.1 Å². The molecule has 0 bridgehead atoms. The fourth-order valence-corrected chi connectivity index (χ4v) is 5.07. The quantitative estimate of drug-likeness (QED) is 0.267. The van der Waals surface area contributed by atoms with E-state index in [-0.39, 0.29) is 31.3 Å². The summed E-state index contributed by atoms with van der Waals surface area (Å²) in [5.41, 5.74) is 5.15. The number of ether oxygens (including phenoxy) is 1. The van der Waals surface area contributed by atoms with Gasteiger partial charge in [-0.2, -0.15) is 0 Å². The molecule has 3 aromatic carbocycles. The highest BCUT2D eigenvalue weighted by molar-refractivity contribution is 5.91. The number of carbonyl (C=O) groups is 4. The topological polar surface area (TPSA) is 134 Å². The summed E-state index contributed by atoms with van der Waals surface area (Å²) in [4.78, 5) is 50.0. The molecule has 9 nitrogen and oxygen atoms in total. The number of amides is 3. The molecule has 214 valence electrons. The van der Waals surface area contributed by atoms with E-state index in [1.165, 1.54) is 0 Å². The van der Waals surface area contributed by atoms with E-state index < -0.39 is 42.5 Å². The average molecular weight is 558 g/mol. The van der Waals surface area contributed by atoms with Gasteiger partial charge in [-0.3, -0.25) is 9.59 Å². The first-order valence-corrected chi connectivity index (χ1v) is 13.7. The zero-order chi connectivity index (χ0) is 29.4. The number of rotatable bonds is 12. The summed E-state index contributed by atoms with van der Waals surface area (Å²) in [6, 6.07) is 22.9. The Morgan fingerprint density at radius 3 is 1.98 bits per heavy atom. The normalized spacial score (nSPS) is 13.4. The van der Waals surface area contributed by atoms with E-state index in [4.69, 9.17) is 4.74 Å². The summed E-state index contributed by atoms with van der Waals surface area (Å²) < 4.78 is 5.48. The van der Waals surface area contributed by atoms with E-state index in [9.17, 15) is 24.3 Å². The second kappa shape index (κ2) is 13.6. The van der Waals surface area contributed by atoms with Crippen LogP contribution in [0.4, 0.5) is 4.79 Å². The highest BCUT2D eigenvalue weighted by Crippen LogP contribution is 2.44. The fraction of sp³-hybridized carbons (Fsp3) is 0.312. The smallest absolute Gasteiger partial charge is 0.407 e. The number of alkyl carbamates (subject to hydrolysis) is 1. The molecule has 0 aliphatic heterocycles. The molecular weight excluding hydrogens is 522 g/mol. The van der Waals surface area contributed by atoms with Crippen LogP contribution in [0.5, 0.6) is 0 Å². The zero-order valence-electron chi connectivity index (χ0n) is 23.1. The van der Waals surface area contributed by atoms with Crippen molar-refractivity contribution in [2.24, 2.45) is 5.92 Å². The number of nitrogens with one attached hydrogen (secondary N) is 3. The van der Waals surface area contributed by atoms with E-state index in [0.717, 1.165) is 27.8 Å². The van der Waals surface area contributed by atoms with Crippen molar-refractivity contribution in [1.82, 2.24) is 16.0 Å². The summed E-state index contributed by atoms with van der Waals surface area (Å²) in [5, 5.41) is 17.2. The highest BCUT2D eigenvalue weighted by atomic mass is 16.5. The molecule has 9 heteroatoms. The predicted molar refractivity (Wildman–Crippen MR) is 154 cm³/mol. The van der Waals surface area contributed by atoms with Crippen LogP contribution in [0.15, 0.2) is 78.9 Å². The maximum Gasteiger partial charge on any atom is 0.407 e. The number of carboxylic acid groups (broad SMARTS) is 1. The molecular formula is C32H35N3O6. The lowest BCUT2D eigenvalue weighted by molar-refractivity contribution is -0.142. The van der Waals surface area contributed by atoms with E-state index >= 15 is 0 Å². The highest BCUT2D eigenvalue weighted by Gasteiger charge is 2.30. The Morgan fingerprint density at radius 1 is 0.805 bits per heavy atom. The van der Waals surface area contributed by atoms with Gasteiger partial charge in [0.25, 0.3) is 0 Å². The maximum absolute atomic E-state index is 13.1. The Hall–Kier alpha value is -4.66. The molecule has 0 spiro atoms. The lowest BCUT2D eigenvalue weighted by atomic mass is 9.98. The van der Waals surface area contributed by atoms with Crippen LogP contribution in [-0.4, -0.2) is 54.2 Å². The summed E-state index contributed by atoms with van der Waals surface area (Å²) >= 11 is 0. The number of benzene rings is 3. The minimum Gasteiger partial charge on any atom is -0.480 e. The Morgan fingerprint density at radius 2 is 1.39 bits per heavy atom. The number of hydrogen-bond donors (Lipinski definition) is 4. The minimum absolute atomic E-state index is 0.0416. The SMILES string of the molecule is CC(C)CC(NC(=O)C(Cc1ccccc1)NC(=O)CNC(=O)OCC1c2ccccc2-c2ccccc21)C(=O)O. The van der Waals surface area contributed by atoms with Gasteiger partial charge in [0.1, 0.15) is 25.2 Å². The van der Waals surface area contributed by atoms with Crippen molar-refractivity contribution in [2.45, 2.75) is 44.7 Å². The fourth-order valence-electron chi connectivity index (χ4n) is 5.07. The summed E-state index contributed by atoms with van der Waals surface area (Å²) in [6.45, 7) is 3.41. The molecule has 0 aromatic heterocycles. The molecule has 2 atom stereocenters. The summed E-state index contributed by atoms with van der Waals surface area (Å²) in [7, 11) is 0. The monoisotopic (exact) mass is 557 g/mol. The standard InChI is InChI=1S/C32H35N3O6/c1-20(2)16-28(31(38)39)35-30(37)27(17-21-10-4-3-5-11-21)34-29(36)18-33-32(40)41-19-26-24-14-8-6-12-22(24)23-13-7-9-15-25(23)26/h3-15,20,26-28H,16-19H2,1-2H3,(H,33,40)(H,34,36)(H,35,37)(H,38,39). The third kappa shape index (κ3) is 7.72. The molecule has 3 amide bonds. The van der Waals surface area contributed by atoms with Crippen LogP contribution >= 0.6 is 0 Å². The lowest BCUT2D eigenvalue weighted by Gasteiger charge is -2.22. The molecule has 3 aromatic rings. The van der Waals surface area contributed by atoms with Crippen LogP contribution in [-0.2, 0) is 25.5 Å². The van der Waals surface area contributed by atoms with Gasteiger partial charge in [-0.15, -0.1) is 0 Å². The predicted octanol–water partition coefficient (Wildman–Crippen LogP) is 3.87. The van der Waals surface area contributed by atoms with Crippen LogP contribution in [0, 0.1) is 5.92 Å². The average Bonchev–Trinajstić information content (AvgIpc) is 3.28. The van der Waals surface area contributed by atoms with E-state index in [0.29, 0.717) is 0 Å². The molecule has 41 heavy (non-hydrogen) atoms. The Balaban J connectivity index is 1.34. The molecule has 0 radical (unpaired) electrons. The van der Waals surface area contributed by atoms with Gasteiger partial charge in [-0.05, 0) is 40.2 Å². The first-order chi connectivity index (χ1) is 19.7. The molecule has 0 saturated carbocycles.